The van der Waals surface area contributed by atoms with Crippen molar-refractivity contribution in [2.45, 2.75) is 6.10 Å². The number of carbonyl (C=O) groups excluding carboxylic acids is 2. The van der Waals surface area contributed by atoms with E-state index < -0.39 is 23.8 Å². The number of hydrogen-bond donors (Lipinski definition) is 1. The van der Waals surface area contributed by atoms with E-state index in [-0.39, 0.29) is 10.7 Å². The van der Waals surface area contributed by atoms with E-state index in [4.69, 9.17) is 16.3 Å². The van der Waals surface area contributed by atoms with Gasteiger partial charge >= 0.3 is 5.97 Å². The van der Waals surface area contributed by atoms with Crippen molar-refractivity contribution >= 4 is 29.2 Å². The second-order valence-electron chi connectivity index (χ2n) is 5.56. The molecule has 0 radical (unpaired) electrons. The van der Waals surface area contributed by atoms with Crippen LogP contribution in [0.2, 0.25) is 5.15 Å². The number of amides is 1. The number of benzene rings is 2. The topological polar surface area (TPSA) is 68.3 Å². The van der Waals surface area contributed by atoms with E-state index in [1.54, 1.807) is 30.3 Å². The van der Waals surface area contributed by atoms with Crippen molar-refractivity contribution in [1.29, 1.82) is 0 Å². The van der Waals surface area contributed by atoms with Crippen LogP contribution in [0.3, 0.4) is 0 Å². The summed E-state index contributed by atoms with van der Waals surface area (Å²) in [6.07, 6.45) is 0.0735. The molecular formula is C20H14ClFN2O3. The summed E-state index contributed by atoms with van der Waals surface area (Å²) < 4.78 is 18.5. The summed E-state index contributed by atoms with van der Waals surface area (Å²) in [4.78, 5) is 28.9. The van der Waals surface area contributed by atoms with Gasteiger partial charge in [-0.1, -0.05) is 41.9 Å². The molecule has 0 fully saturated rings. The molecule has 1 unspecified atom stereocenters. The molecule has 1 heterocycles. The molecule has 5 nitrogen and oxygen atoms in total. The van der Waals surface area contributed by atoms with Crippen LogP contribution < -0.4 is 5.32 Å². The Balaban J connectivity index is 1.82. The average molecular weight is 385 g/mol. The van der Waals surface area contributed by atoms with Crippen LogP contribution in [0.25, 0.3) is 0 Å². The Morgan fingerprint density at radius 1 is 1.00 bits per heavy atom. The molecule has 136 valence electrons. The number of hydrogen-bond acceptors (Lipinski definition) is 4. The molecule has 1 amide bonds. The summed E-state index contributed by atoms with van der Waals surface area (Å²) in [7, 11) is 0. The van der Waals surface area contributed by atoms with E-state index in [1.807, 2.05) is 0 Å². The van der Waals surface area contributed by atoms with Gasteiger partial charge in [0.2, 0.25) is 6.10 Å². The lowest BCUT2D eigenvalue weighted by Crippen LogP contribution is -2.26. The molecule has 3 rings (SSSR count). The first-order valence-electron chi connectivity index (χ1n) is 7.97. The molecule has 0 aliphatic carbocycles. The lowest BCUT2D eigenvalue weighted by Gasteiger charge is -2.18. The van der Waals surface area contributed by atoms with Crippen LogP contribution in [0, 0.1) is 5.82 Å². The Bertz CT molecular complexity index is 932. The number of anilines is 1. The molecule has 0 saturated carbocycles. The number of nitrogens with one attached hydrogen (secondary N) is 1. The number of ether oxygens (including phenoxy) is 1. The summed E-state index contributed by atoms with van der Waals surface area (Å²) in [5.41, 5.74) is 1.04. The number of pyridine rings is 1. The molecule has 1 aromatic heterocycles. The largest absolute Gasteiger partial charge is 0.444 e. The first kappa shape index (κ1) is 18.5. The molecule has 0 spiro atoms. The van der Waals surface area contributed by atoms with Crippen molar-refractivity contribution < 1.29 is 18.7 Å². The van der Waals surface area contributed by atoms with Crippen molar-refractivity contribution in [3.63, 3.8) is 0 Å². The third-order valence-electron chi connectivity index (χ3n) is 3.64. The molecule has 0 aliphatic rings. The quantitative estimate of drug-likeness (QED) is 0.522. The fourth-order valence-corrected chi connectivity index (χ4v) is 2.43. The number of esters is 1. The highest BCUT2D eigenvalue weighted by molar-refractivity contribution is 6.29. The zero-order valence-corrected chi connectivity index (χ0v) is 14.7. The molecule has 27 heavy (non-hydrogen) atoms. The molecule has 2 aromatic carbocycles. The summed E-state index contributed by atoms with van der Waals surface area (Å²) in [6.45, 7) is 0. The molecular weight excluding hydrogens is 371 g/mol. The minimum Gasteiger partial charge on any atom is -0.444 e. The predicted molar refractivity (Wildman–Crippen MR) is 98.9 cm³/mol. The molecule has 0 saturated heterocycles. The fraction of sp³-hybridized carbons (Fsp3) is 0.0500. The second kappa shape index (κ2) is 8.42. The maximum atomic E-state index is 13.0. The van der Waals surface area contributed by atoms with E-state index >= 15 is 0 Å². The molecule has 7 heteroatoms. The van der Waals surface area contributed by atoms with E-state index in [0.29, 0.717) is 11.3 Å². The standard InChI is InChI=1S/C20H14ClFN2O3/c21-17-11-6-14(12-23-17)20(26)27-18(13-4-2-1-3-5-13)19(25)24-16-9-7-15(22)8-10-16/h1-12,18H,(H,24,25). The Labute approximate surface area is 159 Å². The SMILES string of the molecule is O=C(OC(C(=O)Nc1ccc(F)cc1)c1ccccc1)c1ccc(Cl)nc1. The van der Waals surface area contributed by atoms with Gasteiger partial charge < -0.3 is 10.1 Å². The Kier molecular flexibility index (Phi) is 5.78. The van der Waals surface area contributed by atoms with Gasteiger partial charge in [-0.15, -0.1) is 0 Å². The minimum atomic E-state index is -1.19. The van der Waals surface area contributed by atoms with E-state index in [2.05, 4.69) is 10.3 Å². The fourth-order valence-electron chi connectivity index (χ4n) is 2.31. The Hall–Kier alpha value is -3.25. The number of nitrogens with zero attached hydrogens (tertiary/aromatic N) is 1. The second-order valence-corrected chi connectivity index (χ2v) is 5.95. The van der Waals surface area contributed by atoms with Crippen LogP contribution in [-0.2, 0) is 9.53 Å². The zero-order chi connectivity index (χ0) is 19.2. The third-order valence-corrected chi connectivity index (χ3v) is 3.86. The first-order chi connectivity index (χ1) is 13.0. The van der Waals surface area contributed by atoms with Crippen molar-refractivity contribution in [2.75, 3.05) is 5.32 Å². The van der Waals surface area contributed by atoms with Crippen molar-refractivity contribution in [1.82, 2.24) is 4.98 Å². The highest BCUT2D eigenvalue weighted by Crippen LogP contribution is 2.22. The van der Waals surface area contributed by atoms with Crippen molar-refractivity contribution in [3.8, 4) is 0 Å². The maximum Gasteiger partial charge on any atom is 0.340 e. The number of rotatable bonds is 5. The van der Waals surface area contributed by atoms with Gasteiger partial charge in [-0.3, -0.25) is 4.79 Å². The maximum absolute atomic E-state index is 13.0. The number of halogens is 2. The van der Waals surface area contributed by atoms with Gasteiger partial charge in [0, 0.05) is 17.4 Å². The summed E-state index contributed by atoms with van der Waals surface area (Å²) in [6, 6.07) is 16.8. The van der Waals surface area contributed by atoms with Crippen molar-refractivity contribution in [2.24, 2.45) is 0 Å². The van der Waals surface area contributed by atoms with Gasteiger partial charge in [0.05, 0.1) is 5.56 Å². The number of aromatic nitrogens is 1. The van der Waals surface area contributed by atoms with Crippen LogP contribution in [-0.4, -0.2) is 16.9 Å². The van der Waals surface area contributed by atoms with Gasteiger partial charge in [-0.2, -0.15) is 0 Å². The van der Waals surface area contributed by atoms with Gasteiger partial charge in [0.25, 0.3) is 5.91 Å². The third kappa shape index (κ3) is 4.89. The highest BCUT2D eigenvalue weighted by atomic mass is 35.5. The van der Waals surface area contributed by atoms with Gasteiger partial charge in [0.1, 0.15) is 11.0 Å². The molecule has 1 atom stereocenters. The van der Waals surface area contributed by atoms with E-state index in [1.165, 1.54) is 42.6 Å². The van der Waals surface area contributed by atoms with E-state index in [9.17, 15) is 14.0 Å². The summed E-state index contributed by atoms with van der Waals surface area (Å²) in [5.74, 6) is -1.71. The van der Waals surface area contributed by atoms with Crippen LogP contribution in [0.1, 0.15) is 22.0 Å². The van der Waals surface area contributed by atoms with Gasteiger partial charge in [-0.05, 0) is 36.4 Å². The summed E-state index contributed by atoms with van der Waals surface area (Å²) in [5, 5.41) is 2.85. The van der Waals surface area contributed by atoms with Gasteiger partial charge in [-0.25, -0.2) is 14.2 Å². The minimum absolute atomic E-state index is 0.162. The number of carbonyl (C=O) groups is 2. The van der Waals surface area contributed by atoms with Crippen LogP contribution in [0.15, 0.2) is 72.9 Å². The van der Waals surface area contributed by atoms with Crippen LogP contribution >= 0.6 is 11.6 Å². The summed E-state index contributed by atoms with van der Waals surface area (Å²) >= 11 is 5.72. The normalized spacial score (nSPS) is 11.5. The monoisotopic (exact) mass is 384 g/mol. The molecule has 3 aromatic rings. The predicted octanol–water partition coefficient (Wildman–Crippen LogP) is 4.41. The average Bonchev–Trinajstić information content (AvgIpc) is 2.69. The zero-order valence-electron chi connectivity index (χ0n) is 13.9. The van der Waals surface area contributed by atoms with Crippen molar-refractivity contribution in [3.05, 3.63) is 95.0 Å². The van der Waals surface area contributed by atoms with E-state index in [0.717, 1.165) is 0 Å². The van der Waals surface area contributed by atoms with Crippen LogP contribution in [0.4, 0.5) is 10.1 Å². The molecule has 0 bridgehead atoms. The molecule has 0 aliphatic heterocycles. The Morgan fingerprint density at radius 2 is 1.70 bits per heavy atom. The highest BCUT2D eigenvalue weighted by Gasteiger charge is 2.26. The first-order valence-corrected chi connectivity index (χ1v) is 8.34. The van der Waals surface area contributed by atoms with Gasteiger partial charge in [0.15, 0.2) is 0 Å². The van der Waals surface area contributed by atoms with Crippen LogP contribution in [0.5, 0.6) is 0 Å². The lowest BCUT2D eigenvalue weighted by molar-refractivity contribution is -0.125. The molecule has 1 N–H and O–H groups in total. The smallest absolute Gasteiger partial charge is 0.340 e. The Morgan fingerprint density at radius 3 is 2.33 bits per heavy atom. The lowest BCUT2D eigenvalue weighted by atomic mass is 10.1.